The zero-order valence-corrected chi connectivity index (χ0v) is 14.8. The summed E-state index contributed by atoms with van der Waals surface area (Å²) in [6.07, 6.45) is 4.57. The SMILES string of the molecule is O=c1[nH]c(-c2ccccc2)nc2c1CN(Cc1c[nH]c3ncccc13)CC2. The predicted octanol–water partition coefficient (Wildman–Crippen LogP) is 2.87. The van der Waals surface area contributed by atoms with Crippen molar-refractivity contribution in [3.05, 3.63) is 82.0 Å². The molecular weight excluding hydrogens is 338 g/mol. The van der Waals surface area contributed by atoms with Gasteiger partial charge in [0.25, 0.3) is 5.56 Å². The second kappa shape index (κ2) is 6.48. The van der Waals surface area contributed by atoms with Gasteiger partial charge in [-0.25, -0.2) is 9.97 Å². The fourth-order valence-electron chi connectivity index (χ4n) is 3.73. The molecule has 3 aromatic heterocycles. The predicted molar refractivity (Wildman–Crippen MR) is 104 cm³/mol. The van der Waals surface area contributed by atoms with Crippen LogP contribution in [0.15, 0.2) is 59.7 Å². The number of pyridine rings is 1. The van der Waals surface area contributed by atoms with E-state index in [0.717, 1.165) is 47.4 Å². The maximum Gasteiger partial charge on any atom is 0.255 e. The van der Waals surface area contributed by atoms with Crippen LogP contribution in [-0.4, -0.2) is 31.4 Å². The lowest BCUT2D eigenvalue weighted by molar-refractivity contribution is 0.242. The van der Waals surface area contributed by atoms with Gasteiger partial charge in [-0.1, -0.05) is 30.3 Å². The van der Waals surface area contributed by atoms with Crippen LogP contribution in [0.3, 0.4) is 0 Å². The van der Waals surface area contributed by atoms with Crippen LogP contribution in [0.1, 0.15) is 16.8 Å². The number of rotatable bonds is 3. The Balaban J connectivity index is 1.42. The van der Waals surface area contributed by atoms with E-state index in [9.17, 15) is 4.79 Å². The molecule has 4 heterocycles. The molecule has 1 aliphatic heterocycles. The van der Waals surface area contributed by atoms with Gasteiger partial charge in [-0.2, -0.15) is 0 Å². The first kappa shape index (κ1) is 16.0. The minimum atomic E-state index is -0.0378. The molecule has 6 heteroatoms. The van der Waals surface area contributed by atoms with Crippen LogP contribution in [0.25, 0.3) is 22.4 Å². The molecule has 1 aliphatic rings. The molecule has 0 saturated heterocycles. The molecule has 0 saturated carbocycles. The Morgan fingerprint density at radius 3 is 2.89 bits per heavy atom. The maximum atomic E-state index is 12.7. The number of aromatic amines is 2. The van der Waals surface area contributed by atoms with E-state index in [0.29, 0.717) is 12.4 Å². The van der Waals surface area contributed by atoms with Crippen LogP contribution in [0.5, 0.6) is 0 Å². The summed E-state index contributed by atoms with van der Waals surface area (Å²) in [5.74, 6) is 0.649. The number of hydrogen-bond acceptors (Lipinski definition) is 4. The first-order chi connectivity index (χ1) is 13.3. The number of nitrogens with one attached hydrogen (secondary N) is 2. The molecule has 0 amide bonds. The Bertz CT molecular complexity index is 1160. The molecule has 2 N–H and O–H groups in total. The van der Waals surface area contributed by atoms with Gasteiger partial charge in [0.15, 0.2) is 0 Å². The normalized spacial score (nSPS) is 14.4. The Morgan fingerprint density at radius 2 is 2.00 bits per heavy atom. The third-order valence-corrected chi connectivity index (χ3v) is 5.13. The average molecular weight is 357 g/mol. The first-order valence-corrected chi connectivity index (χ1v) is 9.09. The number of benzene rings is 1. The Hall–Kier alpha value is -3.25. The van der Waals surface area contributed by atoms with Gasteiger partial charge >= 0.3 is 0 Å². The molecule has 0 bridgehead atoms. The molecule has 27 heavy (non-hydrogen) atoms. The number of fused-ring (bicyclic) bond motifs is 2. The highest BCUT2D eigenvalue weighted by atomic mass is 16.1. The molecule has 1 aromatic carbocycles. The van der Waals surface area contributed by atoms with E-state index in [1.807, 2.05) is 42.6 Å². The molecule has 0 spiro atoms. The molecule has 0 radical (unpaired) electrons. The van der Waals surface area contributed by atoms with Crippen molar-refractivity contribution in [1.82, 2.24) is 24.8 Å². The van der Waals surface area contributed by atoms with Crippen molar-refractivity contribution in [3.63, 3.8) is 0 Å². The van der Waals surface area contributed by atoms with Gasteiger partial charge in [-0.05, 0) is 17.7 Å². The third kappa shape index (κ3) is 2.94. The number of hydrogen-bond donors (Lipinski definition) is 2. The van der Waals surface area contributed by atoms with Crippen LogP contribution in [0, 0.1) is 0 Å². The van der Waals surface area contributed by atoms with Crippen molar-refractivity contribution in [2.75, 3.05) is 6.54 Å². The molecule has 5 rings (SSSR count). The van der Waals surface area contributed by atoms with Gasteiger partial charge in [0, 0.05) is 49.4 Å². The van der Waals surface area contributed by atoms with Gasteiger partial charge < -0.3 is 9.97 Å². The van der Waals surface area contributed by atoms with Crippen molar-refractivity contribution < 1.29 is 0 Å². The molecule has 6 nitrogen and oxygen atoms in total. The van der Waals surface area contributed by atoms with E-state index in [-0.39, 0.29) is 5.56 Å². The number of nitrogens with zero attached hydrogens (tertiary/aromatic N) is 3. The van der Waals surface area contributed by atoms with Crippen molar-refractivity contribution in [2.45, 2.75) is 19.5 Å². The molecule has 4 aromatic rings. The lowest BCUT2D eigenvalue weighted by atomic mass is 10.1. The van der Waals surface area contributed by atoms with Crippen molar-refractivity contribution in [1.29, 1.82) is 0 Å². The molecule has 0 fully saturated rings. The molecule has 0 unspecified atom stereocenters. The number of aromatic nitrogens is 4. The Morgan fingerprint density at radius 1 is 1.11 bits per heavy atom. The van der Waals surface area contributed by atoms with Crippen LogP contribution >= 0.6 is 0 Å². The topological polar surface area (TPSA) is 77.7 Å². The summed E-state index contributed by atoms with van der Waals surface area (Å²) >= 11 is 0. The summed E-state index contributed by atoms with van der Waals surface area (Å²) in [6.45, 7) is 2.27. The highest BCUT2D eigenvalue weighted by Crippen LogP contribution is 2.22. The number of H-pyrrole nitrogens is 2. The molecule has 134 valence electrons. The second-order valence-electron chi connectivity index (χ2n) is 6.88. The Labute approximate surface area is 155 Å². The van der Waals surface area contributed by atoms with E-state index in [1.165, 1.54) is 5.56 Å². The van der Waals surface area contributed by atoms with E-state index in [1.54, 1.807) is 6.20 Å². The van der Waals surface area contributed by atoms with Crippen LogP contribution in [-0.2, 0) is 19.5 Å². The van der Waals surface area contributed by atoms with E-state index < -0.39 is 0 Å². The maximum absolute atomic E-state index is 12.7. The Kier molecular flexibility index (Phi) is 3.83. The first-order valence-electron chi connectivity index (χ1n) is 9.09. The minimum Gasteiger partial charge on any atom is -0.346 e. The van der Waals surface area contributed by atoms with E-state index >= 15 is 0 Å². The van der Waals surface area contributed by atoms with Crippen molar-refractivity contribution >= 4 is 11.0 Å². The van der Waals surface area contributed by atoms with E-state index in [4.69, 9.17) is 4.98 Å². The summed E-state index contributed by atoms with van der Waals surface area (Å²) in [4.78, 5) is 30.2. The average Bonchev–Trinajstić information content (AvgIpc) is 3.12. The summed E-state index contributed by atoms with van der Waals surface area (Å²) < 4.78 is 0. The van der Waals surface area contributed by atoms with Crippen LogP contribution < -0.4 is 5.56 Å². The lowest BCUT2D eigenvalue weighted by Gasteiger charge is -2.27. The fraction of sp³-hybridized carbons (Fsp3) is 0.190. The minimum absolute atomic E-state index is 0.0378. The highest BCUT2D eigenvalue weighted by Gasteiger charge is 2.22. The van der Waals surface area contributed by atoms with Gasteiger partial charge in [0.2, 0.25) is 0 Å². The highest BCUT2D eigenvalue weighted by molar-refractivity contribution is 5.79. The summed E-state index contributed by atoms with van der Waals surface area (Å²) in [5, 5.41) is 1.13. The smallest absolute Gasteiger partial charge is 0.255 e. The molecule has 0 atom stereocenters. The summed E-state index contributed by atoms with van der Waals surface area (Å²) in [5.41, 5.74) is 4.69. The standard InChI is InChI=1S/C21H19N5O/c27-21-17-13-26(12-15-11-23-20-16(15)7-4-9-22-20)10-8-18(17)24-19(25-21)14-5-2-1-3-6-14/h1-7,9,11H,8,10,12-13H2,(H,22,23)(H,24,25,27). The van der Waals surface area contributed by atoms with Crippen LogP contribution in [0.4, 0.5) is 0 Å². The van der Waals surface area contributed by atoms with Gasteiger partial charge in [0.1, 0.15) is 11.5 Å². The lowest BCUT2D eigenvalue weighted by Crippen LogP contribution is -2.35. The van der Waals surface area contributed by atoms with E-state index in [2.05, 4.69) is 25.9 Å². The zero-order chi connectivity index (χ0) is 18.2. The third-order valence-electron chi connectivity index (χ3n) is 5.13. The fourth-order valence-corrected chi connectivity index (χ4v) is 3.73. The molecular formula is C21H19N5O. The summed E-state index contributed by atoms with van der Waals surface area (Å²) in [7, 11) is 0. The largest absolute Gasteiger partial charge is 0.346 e. The second-order valence-corrected chi connectivity index (χ2v) is 6.88. The zero-order valence-electron chi connectivity index (χ0n) is 14.8. The van der Waals surface area contributed by atoms with Crippen molar-refractivity contribution in [2.24, 2.45) is 0 Å². The van der Waals surface area contributed by atoms with Crippen molar-refractivity contribution in [3.8, 4) is 11.4 Å². The van der Waals surface area contributed by atoms with Gasteiger partial charge in [-0.3, -0.25) is 9.69 Å². The quantitative estimate of drug-likeness (QED) is 0.591. The van der Waals surface area contributed by atoms with Gasteiger partial charge in [-0.15, -0.1) is 0 Å². The van der Waals surface area contributed by atoms with Crippen LogP contribution in [0.2, 0.25) is 0 Å². The molecule has 0 aliphatic carbocycles. The van der Waals surface area contributed by atoms with Gasteiger partial charge in [0.05, 0.1) is 11.3 Å². The summed E-state index contributed by atoms with van der Waals surface area (Å²) in [6, 6.07) is 13.8. The monoisotopic (exact) mass is 357 g/mol.